The van der Waals surface area contributed by atoms with Gasteiger partial charge >= 0.3 is 0 Å². The SMILES string of the molecule is COc1cc(Oc2cc(N)n3nc(-c4ccco4)nc3n2)cc(OC)c1OC. The lowest BCUT2D eigenvalue weighted by atomic mass is 10.2. The van der Waals surface area contributed by atoms with Crippen LogP contribution in [0.15, 0.2) is 41.0 Å². The van der Waals surface area contributed by atoms with Gasteiger partial charge in [-0.1, -0.05) is 0 Å². The molecule has 4 rings (SSSR count). The maximum absolute atomic E-state index is 6.08. The van der Waals surface area contributed by atoms with Gasteiger partial charge in [-0.3, -0.25) is 0 Å². The summed E-state index contributed by atoms with van der Waals surface area (Å²) in [6.07, 6.45) is 1.54. The molecule has 1 aromatic carbocycles. The molecule has 0 aliphatic heterocycles. The van der Waals surface area contributed by atoms with Crippen molar-refractivity contribution in [1.82, 2.24) is 19.6 Å². The molecule has 10 heteroatoms. The highest BCUT2D eigenvalue weighted by Crippen LogP contribution is 2.41. The van der Waals surface area contributed by atoms with Crippen LogP contribution in [0.2, 0.25) is 0 Å². The minimum atomic E-state index is 0.234. The maximum atomic E-state index is 6.08. The molecule has 0 bridgehead atoms. The van der Waals surface area contributed by atoms with E-state index in [-0.39, 0.29) is 11.7 Å². The van der Waals surface area contributed by atoms with Gasteiger partial charge in [0.15, 0.2) is 17.3 Å². The summed E-state index contributed by atoms with van der Waals surface area (Å²) in [5, 5.41) is 4.29. The molecule has 0 saturated carbocycles. The van der Waals surface area contributed by atoms with Crippen molar-refractivity contribution in [2.75, 3.05) is 27.1 Å². The molecule has 0 fully saturated rings. The number of hydrogen-bond donors (Lipinski definition) is 1. The highest BCUT2D eigenvalue weighted by atomic mass is 16.5. The number of nitrogens with zero attached hydrogens (tertiary/aromatic N) is 4. The van der Waals surface area contributed by atoms with Crippen molar-refractivity contribution in [3.63, 3.8) is 0 Å². The first-order chi connectivity index (χ1) is 13.6. The summed E-state index contributed by atoms with van der Waals surface area (Å²) in [6.45, 7) is 0. The average Bonchev–Trinajstić information content (AvgIpc) is 3.36. The average molecular weight is 383 g/mol. The number of furan rings is 1. The predicted molar refractivity (Wildman–Crippen MR) is 99.1 cm³/mol. The van der Waals surface area contributed by atoms with E-state index in [1.165, 1.54) is 38.2 Å². The van der Waals surface area contributed by atoms with E-state index in [4.69, 9.17) is 29.1 Å². The van der Waals surface area contributed by atoms with Gasteiger partial charge in [0, 0.05) is 18.2 Å². The standard InChI is InChI=1S/C18H17N5O5/c1-24-12-7-10(8-13(25-2)16(12)26-3)28-15-9-14(19)23-18(20-15)21-17(22-23)11-5-4-6-27-11/h4-9H,19H2,1-3H3. The Kier molecular flexibility index (Phi) is 4.36. The highest BCUT2D eigenvalue weighted by Gasteiger charge is 2.17. The second-order valence-electron chi connectivity index (χ2n) is 5.61. The van der Waals surface area contributed by atoms with Crippen molar-refractivity contribution >= 4 is 11.6 Å². The minimum absolute atomic E-state index is 0.234. The van der Waals surface area contributed by atoms with Gasteiger partial charge in [-0.05, 0) is 12.1 Å². The van der Waals surface area contributed by atoms with Crippen molar-refractivity contribution in [1.29, 1.82) is 0 Å². The fourth-order valence-electron chi connectivity index (χ4n) is 2.67. The van der Waals surface area contributed by atoms with Crippen molar-refractivity contribution in [3.8, 4) is 40.5 Å². The quantitative estimate of drug-likeness (QED) is 0.536. The number of rotatable bonds is 6. The molecule has 0 saturated heterocycles. The van der Waals surface area contributed by atoms with Gasteiger partial charge in [-0.2, -0.15) is 14.5 Å². The number of benzene rings is 1. The number of fused-ring (bicyclic) bond motifs is 1. The molecule has 0 radical (unpaired) electrons. The molecular formula is C18H17N5O5. The fourth-order valence-corrected chi connectivity index (χ4v) is 2.67. The second kappa shape index (κ2) is 6.99. The van der Waals surface area contributed by atoms with Gasteiger partial charge in [-0.25, -0.2) is 0 Å². The molecule has 0 amide bonds. The Balaban J connectivity index is 1.72. The molecule has 0 spiro atoms. The summed E-state index contributed by atoms with van der Waals surface area (Å²) in [6, 6.07) is 8.34. The van der Waals surface area contributed by atoms with E-state index in [0.717, 1.165) is 0 Å². The smallest absolute Gasteiger partial charge is 0.258 e. The fraction of sp³-hybridized carbons (Fsp3) is 0.167. The summed E-state index contributed by atoms with van der Waals surface area (Å²) < 4.78 is 28.5. The van der Waals surface area contributed by atoms with Crippen molar-refractivity contribution in [2.45, 2.75) is 0 Å². The summed E-state index contributed by atoms with van der Waals surface area (Å²) >= 11 is 0. The summed E-state index contributed by atoms with van der Waals surface area (Å²) in [5.74, 6) is 3.48. The molecule has 144 valence electrons. The lowest BCUT2D eigenvalue weighted by molar-refractivity contribution is 0.320. The van der Waals surface area contributed by atoms with Gasteiger partial charge in [0.05, 0.1) is 27.6 Å². The van der Waals surface area contributed by atoms with Crippen LogP contribution in [0.4, 0.5) is 5.82 Å². The van der Waals surface area contributed by atoms with Gasteiger partial charge in [0.25, 0.3) is 5.78 Å². The zero-order valence-corrected chi connectivity index (χ0v) is 15.4. The van der Waals surface area contributed by atoms with Crippen LogP contribution in [0.5, 0.6) is 28.9 Å². The lowest BCUT2D eigenvalue weighted by Crippen LogP contribution is -2.02. The Bertz CT molecular complexity index is 1100. The van der Waals surface area contributed by atoms with E-state index in [1.54, 1.807) is 24.3 Å². The summed E-state index contributed by atoms with van der Waals surface area (Å²) in [5.41, 5.74) is 6.08. The Labute approximate surface area is 159 Å². The van der Waals surface area contributed by atoms with Crippen LogP contribution in [0, 0.1) is 0 Å². The molecule has 2 N–H and O–H groups in total. The van der Waals surface area contributed by atoms with Crippen LogP contribution in [-0.4, -0.2) is 40.9 Å². The third-order valence-corrected chi connectivity index (χ3v) is 3.92. The van der Waals surface area contributed by atoms with E-state index in [2.05, 4.69) is 15.1 Å². The number of anilines is 1. The minimum Gasteiger partial charge on any atom is -0.493 e. The first-order valence-corrected chi connectivity index (χ1v) is 8.18. The van der Waals surface area contributed by atoms with Crippen LogP contribution in [0.1, 0.15) is 0 Å². The molecule has 0 unspecified atom stereocenters. The highest BCUT2D eigenvalue weighted by molar-refractivity contribution is 5.57. The molecule has 0 atom stereocenters. The molecule has 28 heavy (non-hydrogen) atoms. The summed E-state index contributed by atoms with van der Waals surface area (Å²) in [7, 11) is 4.57. The first kappa shape index (κ1) is 17.5. The van der Waals surface area contributed by atoms with Crippen LogP contribution >= 0.6 is 0 Å². The van der Waals surface area contributed by atoms with Crippen molar-refractivity contribution in [2.24, 2.45) is 0 Å². The molecule has 10 nitrogen and oxygen atoms in total. The predicted octanol–water partition coefficient (Wildman–Crippen LogP) is 2.78. The molecule has 4 aromatic rings. The lowest BCUT2D eigenvalue weighted by Gasteiger charge is -2.14. The largest absolute Gasteiger partial charge is 0.493 e. The second-order valence-corrected chi connectivity index (χ2v) is 5.61. The van der Waals surface area contributed by atoms with Crippen molar-refractivity contribution in [3.05, 3.63) is 36.6 Å². The number of nitrogens with two attached hydrogens (primary N) is 1. The van der Waals surface area contributed by atoms with E-state index in [1.807, 2.05) is 0 Å². The Morgan fingerprint density at radius 2 is 1.75 bits per heavy atom. The maximum Gasteiger partial charge on any atom is 0.258 e. The number of methoxy groups -OCH3 is 3. The Morgan fingerprint density at radius 1 is 1.00 bits per heavy atom. The van der Waals surface area contributed by atoms with Crippen LogP contribution in [0.25, 0.3) is 17.4 Å². The third-order valence-electron chi connectivity index (χ3n) is 3.92. The van der Waals surface area contributed by atoms with E-state index in [0.29, 0.717) is 40.4 Å². The Morgan fingerprint density at radius 3 is 2.36 bits per heavy atom. The van der Waals surface area contributed by atoms with Crippen LogP contribution in [0.3, 0.4) is 0 Å². The van der Waals surface area contributed by atoms with E-state index < -0.39 is 0 Å². The van der Waals surface area contributed by atoms with Crippen LogP contribution in [-0.2, 0) is 0 Å². The van der Waals surface area contributed by atoms with E-state index >= 15 is 0 Å². The third kappa shape index (κ3) is 3.00. The zero-order valence-electron chi connectivity index (χ0n) is 15.4. The van der Waals surface area contributed by atoms with Gasteiger partial charge in [0.2, 0.25) is 17.5 Å². The molecule has 0 aliphatic carbocycles. The monoisotopic (exact) mass is 383 g/mol. The van der Waals surface area contributed by atoms with E-state index in [9.17, 15) is 0 Å². The van der Waals surface area contributed by atoms with Crippen LogP contribution < -0.4 is 24.7 Å². The topological polar surface area (TPSA) is 119 Å². The molecule has 3 heterocycles. The number of nitrogen functional groups attached to an aromatic ring is 1. The van der Waals surface area contributed by atoms with Crippen molar-refractivity contribution < 1.29 is 23.4 Å². The molecule has 0 aliphatic rings. The summed E-state index contributed by atoms with van der Waals surface area (Å²) in [4.78, 5) is 8.68. The van der Waals surface area contributed by atoms with Gasteiger partial charge < -0.3 is 29.1 Å². The number of hydrogen-bond acceptors (Lipinski definition) is 9. The normalized spacial score (nSPS) is 10.8. The number of ether oxygens (including phenoxy) is 4. The van der Waals surface area contributed by atoms with Gasteiger partial charge in [-0.15, -0.1) is 5.10 Å². The number of aromatic nitrogens is 4. The zero-order chi connectivity index (χ0) is 19.7. The van der Waals surface area contributed by atoms with Gasteiger partial charge in [0.1, 0.15) is 11.6 Å². The molecular weight excluding hydrogens is 366 g/mol. The molecule has 3 aromatic heterocycles. The Hall–Kier alpha value is -3.95. The first-order valence-electron chi connectivity index (χ1n) is 8.18.